The van der Waals surface area contributed by atoms with Crippen LogP contribution in [0.15, 0.2) is 0 Å². The number of hydrogen-bond acceptors (Lipinski definition) is 2. The number of halogens is 2. The van der Waals surface area contributed by atoms with Crippen molar-refractivity contribution < 1.29 is 13.9 Å². The molecule has 54 valence electrons. The molecule has 1 aliphatic heterocycles. The predicted molar refractivity (Wildman–Crippen MR) is 28.4 cm³/mol. The van der Waals surface area contributed by atoms with Crippen molar-refractivity contribution >= 4 is 0 Å². The topological polar surface area (TPSA) is 32.3 Å². The largest absolute Gasteiger partial charge is 0.392 e. The summed E-state index contributed by atoms with van der Waals surface area (Å²) in [5.74, 6) is 0. The number of rotatable bonds is 1. The Morgan fingerprint density at radius 2 is 2.22 bits per heavy atom. The predicted octanol–water partition coefficient (Wildman–Crippen LogP) is -0.0257. The summed E-state index contributed by atoms with van der Waals surface area (Å²) in [6.07, 6.45) is -2.75. The van der Waals surface area contributed by atoms with Crippen molar-refractivity contribution in [1.82, 2.24) is 5.32 Å². The van der Waals surface area contributed by atoms with E-state index in [2.05, 4.69) is 5.32 Å². The molecule has 2 N–H and O–H groups in total. The van der Waals surface area contributed by atoms with Gasteiger partial charge in [0.05, 0.1) is 12.1 Å². The van der Waals surface area contributed by atoms with Gasteiger partial charge in [0, 0.05) is 6.54 Å². The highest BCUT2D eigenvalue weighted by Crippen LogP contribution is 2.12. The van der Waals surface area contributed by atoms with E-state index in [0.29, 0.717) is 6.54 Å². The molecule has 1 aliphatic rings. The van der Waals surface area contributed by atoms with Crippen LogP contribution >= 0.6 is 0 Å². The van der Waals surface area contributed by atoms with Crippen LogP contribution in [0.5, 0.6) is 0 Å². The fourth-order valence-corrected chi connectivity index (χ4v) is 0.939. The number of aliphatic hydroxyl groups is 1. The van der Waals surface area contributed by atoms with Crippen molar-refractivity contribution in [3.05, 3.63) is 0 Å². The molecule has 0 aromatic rings. The van der Waals surface area contributed by atoms with Crippen molar-refractivity contribution in [2.24, 2.45) is 0 Å². The maximum absolute atomic E-state index is 11.7. The van der Waals surface area contributed by atoms with Crippen molar-refractivity contribution in [1.29, 1.82) is 0 Å². The minimum Gasteiger partial charge on any atom is -0.392 e. The molecule has 1 heterocycles. The van der Waals surface area contributed by atoms with Crippen molar-refractivity contribution in [3.63, 3.8) is 0 Å². The molecule has 0 aromatic heterocycles. The number of nitrogens with one attached hydrogen (secondary N) is 1. The summed E-state index contributed by atoms with van der Waals surface area (Å²) in [5, 5.41) is 11.3. The summed E-state index contributed by atoms with van der Waals surface area (Å²) in [6, 6.07) is -0.792. The standard InChI is InChI=1S/C5H9F2NO/c6-5(7)4-1-3(9)2-8-4/h3-5,8-9H,1-2H2/t3-,4-/m1/s1. The molecule has 1 rings (SSSR count). The Morgan fingerprint density at radius 3 is 2.44 bits per heavy atom. The van der Waals surface area contributed by atoms with E-state index in [1.165, 1.54) is 0 Å². The molecule has 9 heavy (non-hydrogen) atoms. The molecule has 4 heteroatoms. The Hall–Kier alpha value is -0.220. The van der Waals surface area contributed by atoms with E-state index in [1.54, 1.807) is 0 Å². The molecular weight excluding hydrogens is 128 g/mol. The van der Waals surface area contributed by atoms with Crippen LogP contribution in [0.1, 0.15) is 6.42 Å². The van der Waals surface area contributed by atoms with Gasteiger partial charge >= 0.3 is 0 Å². The average molecular weight is 137 g/mol. The van der Waals surface area contributed by atoms with E-state index in [0.717, 1.165) is 0 Å². The smallest absolute Gasteiger partial charge is 0.253 e. The number of aliphatic hydroxyl groups excluding tert-OH is 1. The number of hydrogen-bond donors (Lipinski definition) is 2. The highest BCUT2D eigenvalue weighted by atomic mass is 19.3. The third-order valence-electron chi connectivity index (χ3n) is 1.45. The molecule has 0 saturated carbocycles. The van der Waals surface area contributed by atoms with E-state index in [1.807, 2.05) is 0 Å². The quantitative estimate of drug-likeness (QED) is 0.532. The van der Waals surface area contributed by atoms with Crippen LogP contribution < -0.4 is 5.32 Å². The summed E-state index contributed by atoms with van der Waals surface area (Å²) in [7, 11) is 0. The van der Waals surface area contributed by atoms with Crippen LogP contribution in [0.25, 0.3) is 0 Å². The van der Waals surface area contributed by atoms with Gasteiger partial charge in [-0.3, -0.25) is 0 Å². The lowest BCUT2D eigenvalue weighted by Crippen LogP contribution is -2.28. The highest BCUT2D eigenvalue weighted by molar-refractivity contribution is 4.82. The molecule has 0 aliphatic carbocycles. The van der Waals surface area contributed by atoms with Gasteiger partial charge in [0.2, 0.25) is 0 Å². The van der Waals surface area contributed by atoms with Crippen LogP contribution in [-0.2, 0) is 0 Å². The summed E-state index contributed by atoms with van der Waals surface area (Å²) >= 11 is 0. The normalized spacial score (nSPS) is 36.0. The van der Waals surface area contributed by atoms with Crippen LogP contribution in [0.2, 0.25) is 0 Å². The monoisotopic (exact) mass is 137 g/mol. The third kappa shape index (κ3) is 1.59. The first-order valence-electron chi connectivity index (χ1n) is 2.89. The minimum atomic E-state index is -2.35. The summed E-state index contributed by atoms with van der Waals surface area (Å²) in [4.78, 5) is 0. The van der Waals surface area contributed by atoms with E-state index in [4.69, 9.17) is 5.11 Å². The first-order valence-corrected chi connectivity index (χ1v) is 2.89. The Bertz CT molecular complexity index is 99.0. The van der Waals surface area contributed by atoms with Gasteiger partial charge in [-0.1, -0.05) is 0 Å². The fraction of sp³-hybridized carbons (Fsp3) is 1.00. The van der Waals surface area contributed by atoms with Gasteiger partial charge in [-0.05, 0) is 6.42 Å². The first kappa shape index (κ1) is 6.89. The Morgan fingerprint density at radius 1 is 1.56 bits per heavy atom. The van der Waals surface area contributed by atoms with Crippen molar-refractivity contribution in [3.8, 4) is 0 Å². The van der Waals surface area contributed by atoms with Gasteiger partial charge < -0.3 is 10.4 Å². The molecule has 1 saturated heterocycles. The summed E-state index contributed by atoms with van der Waals surface area (Å²) < 4.78 is 23.5. The molecule has 0 unspecified atom stereocenters. The van der Waals surface area contributed by atoms with Gasteiger partial charge in [-0.15, -0.1) is 0 Å². The van der Waals surface area contributed by atoms with E-state index >= 15 is 0 Å². The van der Waals surface area contributed by atoms with Gasteiger partial charge in [-0.2, -0.15) is 0 Å². The van der Waals surface area contributed by atoms with E-state index in [-0.39, 0.29) is 6.42 Å². The second-order valence-corrected chi connectivity index (χ2v) is 2.24. The lowest BCUT2D eigenvalue weighted by Gasteiger charge is -2.05. The van der Waals surface area contributed by atoms with Gasteiger partial charge in [0.15, 0.2) is 0 Å². The third-order valence-corrected chi connectivity index (χ3v) is 1.45. The van der Waals surface area contributed by atoms with Crippen LogP contribution in [-0.4, -0.2) is 30.2 Å². The number of β-amino-alcohol motifs (C(OH)–C–C–N with tert-alkyl or cyclic N) is 1. The molecule has 2 atom stereocenters. The maximum atomic E-state index is 11.7. The van der Waals surface area contributed by atoms with E-state index < -0.39 is 18.6 Å². The molecular formula is C5H9F2NO. The summed E-state index contributed by atoms with van der Waals surface area (Å²) in [6.45, 7) is 0.301. The molecule has 0 aromatic carbocycles. The minimum absolute atomic E-state index is 0.178. The number of alkyl halides is 2. The zero-order chi connectivity index (χ0) is 6.85. The lowest BCUT2D eigenvalue weighted by atomic mass is 10.2. The molecule has 0 spiro atoms. The van der Waals surface area contributed by atoms with Gasteiger partial charge in [0.25, 0.3) is 6.43 Å². The van der Waals surface area contributed by atoms with Crippen LogP contribution in [0.3, 0.4) is 0 Å². The molecule has 0 amide bonds. The van der Waals surface area contributed by atoms with Crippen LogP contribution in [0.4, 0.5) is 8.78 Å². The first-order chi connectivity index (χ1) is 4.20. The Kier molecular flexibility index (Phi) is 1.97. The van der Waals surface area contributed by atoms with Gasteiger partial charge in [0.1, 0.15) is 0 Å². The highest BCUT2D eigenvalue weighted by Gasteiger charge is 2.28. The zero-order valence-corrected chi connectivity index (χ0v) is 4.85. The fourth-order valence-electron chi connectivity index (χ4n) is 0.939. The average Bonchev–Trinajstić information content (AvgIpc) is 2.14. The van der Waals surface area contributed by atoms with Crippen molar-refractivity contribution in [2.75, 3.05) is 6.54 Å². The van der Waals surface area contributed by atoms with Crippen LogP contribution in [0, 0.1) is 0 Å². The molecule has 2 nitrogen and oxygen atoms in total. The Labute approximate surface area is 51.9 Å². The summed E-state index contributed by atoms with van der Waals surface area (Å²) in [5.41, 5.74) is 0. The second kappa shape index (κ2) is 2.58. The lowest BCUT2D eigenvalue weighted by molar-refractivity contribution is 0.0986. The Balaban J connectivity index is 2.30. The molecule has 0 bridgehead atoms. The van der Waals surface area contributed by atoms with E-state index in [9.17, 15) is 8.78 Å². The van der Waals surface area contributed by atoms with Gasteiger partial charge in [-0.25, -0.2) is 8.78 Å². The van der Waals surface area contributed by atoms with Crippen molar-refractivity contribution in [2.45, 2.75) is 25.0 Å². The SMILES string of the molecule is O[C@H]1CN[C@@H](C(F)F)C1. The molecule has 1 fully saturated rings. The second-order valence-electron chi connectivity index (χ2n) is 2.24. The molecule has 0 radical (unpaired) electrons. The maximum Gasteiger partial charge on any atom is 0.253 e. The zero-order valence-electron chi connectivity index (χ0n) is 4.85.